The molecule has 0 bridgehead atoms. The van der Waals surface area contributed by atoms with Crippen molar-refractivity contribution in [3.05, 3.63) is 65.4 Å². The highest BCUT2D eigenvalue weighted by atomic mass is 16.3. The fourth-order valence-corrected chi connectivity index (χ4v) is 2.49. The normalized spacial score (nSPS) is 12.7. The average Bonchev–Trinajstić information content (AvgIpc) is 2.49. The minimum absolute atomic E-state index is 0.160. The highest BCUT2D eigenvalue weighted by Gasteiger charge is 2.27. The van der Waals surface area contributed by atoms with E-state index in [0.717, 1.165) is 16.7 Å². The fourth-order valence-electron chi connectivity index (χ4n) is 2.49. The molecule has 3 heteroatoms. The van der Waals surface area contributed by atoms with Crippen LogP contribution in [-0.2, 0) is 4.79 Å². The van der Waals surface area contributed by atoms with Gasteiger partial charge in [-0.1, -0.05) is 42.5 Å². The zero-order chi connectivity index (χ0) is 17.2. The molecule has 0 unspecified atom stereocenters. The lowest BCUT2D eigenvalue weighted by molar-refractivity contribution is -0.112. The Kier molecular flexibility index (Phi) is 4.71. The van der Waals surface area contributed by atoms with Gasteiger partial charge in [-0.15, -0.1) is 0 Å². The van der Waals surface area contributed by atoms with E-state index in [9.17, 15) is 15.0 Å². The number of benzene rings is 2. The van der Waals surface area contributed by atoms with Crippen LogP contribution in [-0.4, -0.2) is 21.6 Å². The standard InChI is InChI=1S/C20H22O3/c1-13-10-11-16(15-8-6-5-7-9-15)12-17(13)18(14(2)21)19(22)20(3,4)23/h5-12,22-23H,1-4H3/b19-18-. The second-order valence-corrected chi connectivity index (χ2v) is 6.23. The van der Waals surface area contributed by atoms with E-state index in [1.165, 1.54) is 20.8 Å². The van der Waals surface area contributed by atoms with Crippen molar-refractivity contribution in [2.45, 2.75) is 33.3 Å². The molecule has 120 valence electrons. The van der Waals surface area contributed by atoms with Gasteiger partial charge in [-0.25, -0.2) is 0 Å². The van der Waals surface area contributed by atoms with Gasteiger partial charge in [0.15, 0.2) is 5.78 Å². The molecule has 0 spiro atoms. The summed E-state index contributed by atoms with van der Waals surface area (Å²) in [5.41, 5.74) is 2.17. The molecule has 0 atom stereocenters. The summed E-state index contributed by atoms with van der Waals surface area (Å²) in [5.74, 6) is -0.587. The Morgan fingerprint density at radius 3 is 2.13 bits per heavy atom. The van der Waals surface area contributed by atoms with Crippen molar-refractivity contribution in [3.8, 4) is 11.1 Å². The highest BCUT2D eigenvalue weighted by molar-refractivity contribution is 6.21. The molecule has 3 nitrogen and oxygen atoms in total. The molecule has 0 heterocycles. The van der Waals surface area contributed by atoms with Gasteiger partial charge in [-0.3, -0.25) is 4.79 Å². The van der Waals surface area contributed by atoms with Crippen molar-refractivity contribution in [2.24, 2.45) is 0 Å². The van der Waals surface area contributed by atoms with Crippen LogP contribution in [0.5, 0.6) is 0 Å². The third kappa shape index (κ3) is 3.69. The first-order valence-electron chi connectivity index (χ1n) is 7.55. The number of aryl methyl sites for hydroxylation is 1. The van der Waals surface area contributed by atoms with Crippen molar-refractivity contribution >= 4 is 11.4 Å². The van der Waals surface area contributed by atoms with Gasteiger partial charge >= 0.3 is 0 Å². The molecule has 0 aliphatic carbocycles. The maximum atomic E-state index is 12.1. The van der Waals surface area contributed by atoms with Crippen LogP contribution in [0.3, 0.4) is 0 Å². The zero-order valence-corrected chi connectivity index (χ0v) is 13.9. The molecular weight excluding hydrogens is 288 g/mol. The van der Waals surface area contributed by atoms with Crippen LogP contribution in [0.1, 0.15) is 31.9 Å². The van der Waals surface area contributed by atoms with Crippen LogP contribution >= 0.6 is 0 Å². The monoisotopic (exact) mass is 310 g/mol. The predicted molar refractivity (Wildman–Crippen MR) is 93.1 cm³/mol. The van der Waals surface area contributed by atoms with Crippen molar-refractivity contribution < 1.29 is 15.0 Å². The quantitative estimate of drug-likeness (QED) is 0.654. The van der Waals surface area contributed by atoms with E-state index in [-0.39, 0.29) is 17.1 Å². The number of allylic oxidation sites excluding steroid dienone is 1. The zero-order valence-electron chi connectivity index (χ0n) is 13.9. The van der Waals surface area contributed by atoms with Crippen molar-refractivity contribution in [2.75, 3.05) is 0 Å². The van der Waals surface area contributed by atoms with E-state index in [1.54, 1.807) is 0 Å². The largest absolute Gasteiger partial charge is 0.508 e. The summed E-state index contributed by atoms with van der Waals surface area (Å²) < 4.78 is 0. The lowest BCUT2D eigenvalue weighted by Crippen LogP contribution is -2.24. The number of rotatable bonds is 4. The lowest BCUT2D eigenvalue weighted by Gasteiger charge is -2.21. The molecule has 2 aromatic carbocycles. The summed E-state index contributed by atoms with van der Waals surface area (Å²) in [6, 6.07) is 15.6. The van der Waals surface area contributed by atoms with Gasteiger partial charge in [-0.2, -0.15) is 0 Å². The number of aliphatic hydroxyl groups excluding tert-OH is 1. The van der Waals surface area contributed by atoms with Crippen LogP contribution in [0.25, 0.3) is 16.7 Å². The molecule has 0 saturated carbocycles. The Bertz CT molecular complexity index is 750. The number of hydrogen-bond donors (Lipinski definition) is 2. The molecule has 2 N–H and O–H groups in total. The van der Waals surface area contributed by atoms with Gasteiger partial charge in [0.2, 0.25) is 0 Å². The molecule has 2 aromatic rings. The van der Waals surface area contributed by atoms with E-state index in [0.29, 0.717) is 5.56 Å². The van der Waals surface area contributed by atoms with Crippen molar-refractivity contribution in [1.82, 2.24) is 0 Å². The summed E-state index contributed by atoms with van der Waals surface area (Å²) in [7, 11) is 0. The minimum atomic E-state index is -1.48. The topological polar surface area (TPSA) is 57.5 Å². The third-order valence-corrected chi connectivity index (χ3v) is 3.78. The van der Waals surface area contributed by atoms with Crippen molar-refractivity contribution in [1.29, 1.82) is 0 Å². The van der Waals surface area contributed by atoms with Gasteiger partial charge in [-0.05, 0) is 56.0 Å². The molecule has 0 aromatic heterocycles. The molecule has 0 aliphatic heterocycles. The van der Waals surface area contributed by atoms with E-state index >= 15 is 0 Å². The van der Waals surface area contributed by atoms with Crippen LogP contribution in [0.15, 0.2) is 54.3 Å². The number of carbonyl (C=O) groups excluding carboxylic acids is 1. The third-order valence-electron chi connectivity index (χ3n) is 3.78. The molecule has 2 rings (SSSR count). The number of ketones is 1. The first-order chi connectivity index (χ1) is 10.7. The van der Waals surface area contributed by atoms with Gasteiger partial charge in [0.1, 0.15) is 11.4 Å². The summed E-state index contributed by atoms with van der Waals surface area (Å²) in [5, 5.41) is 20.4. The summed E-state index contributed by atoms with van der Waals surface area (Å²) >= 11 is 0. The number of carbonyl (C=O) groups is 1. The Hall–Kier alpha value is -2.39. The summed E-state index contributed by atoms with van der Waals surface area (Å²) in [6.45, 7) is 6.19. The second-order valence-electron chi connectivity index (χ2n) is 6.23. The first-order valence-corrected chi connectivity index (χ1v) is 7.55. The number of hydrogen-bond acceptors (Lipinski definition) is 3. The van der Waals surface area contributed by atoms with Crippen LogP contribution < -0.4 is 0 Å². The molecule has 0 amide bonds. The van der Waals surface area contributed by atoms with Gasteiger partial charge < -0.3 is 10.2 Å². The van der Waals surface area contributed by atoms with E-state index in [2.05, 4.69) is 0 Å². The maximum Gasteiger partial charge on any atom is 0.163 e. The van der Waals surface area contributed by atoms with Gasteiger partial charge in [0, 0.05) is 0 Å². The predicted octanol–water partition coefficient (Wildman–Crippen LogP) is 4.29. The van der Waals surface area contributed by atoms with Crippen LogP contribution in [0, 0.1) is 6.92 Å². The first kappa shape index (κ1) is 17.0. The molecule has 0 radical (unpaired) electrons. The number of Topliss-reactive ketones (excluding diaryl/α,β-unsaturated/α-hetero) is 1. The summed E-state index contributed by atoms with van der Waals surface area (Å²) in [4.78, 5) is 12.1. The Morgan fingerprint density at radius 1 is 1.00 bits per heavy atom. The van der Waals surface area contributed by atoms with E-state index in [4.69, 9.17) is 0 Å². The molecule has 0 aliphatic rings. The van der Waals surface area contributed by atoms with Gasteiger partial charge in [0.25, 0.3) is 0 Å². The Morgan fingerprint density at radius 2 is 1.61 bits per heavy atom. The fraction of sp³-hybridized carbons (Fsp3) is 0.250. The lowest BCUT2D eigenvalue weighted by atomic mass is 9.89. The average molecular weight is 310 g/mol. The molecule has 0 fully saturated rings. The number of aliphatic hydroxyl groups is 2. The molecule has 23 heavy (non-hydrogen) atoms. The van der Waals surface area contributed by atoms with Crippen LogP contribution in [0.4, 0.5) is 0 Å². The maximum absolute atomic E-state index is 12.1. The van der Waals surface area contributed by atoms with Gasteiger partial charge in [0.05, 0.1) is 5.57 Å². The minimum Gasteiger partial charge on any atom is -0.508 e. The van der Waals surface area contributed by atoms with E-state index in [1.807, 2.05) is 55.5 Å². The molecule has 0 saturated heterocycles. The molecular formula is C20H22O3. The Balaban J connectivity index is 2.68. The van der Waals surface area contributed by atoms with Crippen LogP contribution in [0.2, 0.25) is 0 Å². The Labute approximate surface area is 136 Å². The second kappa shape index (κ2) is 6.39. The van der Waals surface area contributed by atoms with E-state index < -0.39 is 5.60 Å². The van der Waals surface area contributed by atoms with Crippen molar-refractivity contribution in [3.63, 3.8) is 0 Å². The smallest absolute Gasteiger partial charge is 0.163 e. The SMILES string of the molecule is CC(=O)/C(=C(/O)C(C)(C)O)c1cc(-c2ccccc2)ccc1C. The summed E-state index contributed by atoms with van der Waals surface area (Å²) in [6.07, 6.45) is 0. The highest BCUT2D eigenvalue weighted by Crippen LogP contribution is 2.31.